The zero-order valence-electron chi connectivity index (χ0n) is 9.87. The molecule has 1 aliphatic rings. The summed E-state index contributed by atoms with van der Waals surface area (Å²) in [5, 5.41) is 4.23. The first kappa shape index (κ1) is 10.5. The normalized spacial score (nSPS) is 20.4. The summed E-state index contributed by atoms with van der Waals surface area (Å²) in [7, 11) is 0. The maximum absolute atomic E-state index is 5.82. The molecule has 6 heteroatoms. The van der Waals surface area contributed by atoms with E-state index < -0.39 is 0 Å². The van der Waals surface area contributed by atoms with Gasteiger partial charge < -0.3 is 10.6 Å². The Morgan fingerprint density at radius 1 is 1.53 bits per heavy atom. The van der Waals surface area contributed by atoms with E-state index in [0.717, 1.165) is 24.5 Å². The lowest BCUT2D eigenvalue weighted by atomic mass is 10.2. The van der Waals surface area contributed by atoms with Gasteiger partial charge in [-0.3, -0.25) is 0 Å². The lowest BCUT2D eigenvalue weighted by Gasteiger charge is -2.25. The van der Waals surface area contributed by atoms with Crippen molar-refractivity contribution in [2.45, 2.75) is 25.8 Å². The van der Waals surface area contributed by atoms with Crippen molar-refractivity contribution in [2.75, 3.05) is 18.0 Å². The molecule has 1 unspecified atom stereocenters. The van der Waals surface area contributed by atoms with Crippen molar-refractivity contribution in [1.29, 1.82) is 0 Å². The van der Waals surface area contributed by atoms with E-state index in [4.69, 9.17) is 5.73 Å². The largest absolute Gasteiger partial charge is 0.352 e. The molecule has 1 fully saturated rings. The van der Waals surface area contributed by atoms with Crippen LogP contribution in [0.2, 0.25) is 0 Å². The highest BCUT2D eigenvalue weighted by atomic mass is 15.4. The van der Waals surface area contributed by atoms with E-state index in [1.54, 1.807) is 10.8 Å². The van der Waals surface area contributed by atoms with Crippen LogP contribution in [0.1, 0.15) is 18.5 Å². The Labute approximate surface area is 99.5 Å². The van der Waals surface area contributed by atoms with Crippen LogP contribution in [0.25, 0.3) is 5.78 Å². The first-order chi connectivity index (χ1) is 8.29. The molecule has 1 atom stereocenters. The molecule has 0 aliphatic carbocycles. The number of aromatic nitrogens is 4. The molecule has 17 heavy (non-hydrogen) atoms. The van der Waals surface area contributed by atoms with Crippen molar-refractivity contribution in [3.63, 3.8) is 0 Å². The van der Waals surface area contributed by atoms with Crippen molar-refractivity contribution in [2.24, 2.45) is 5.73 Å². The second-order valence-corrected chi connectivity index (χ2v) is 4.45. The van der Waals surface area contributed by atoms with E-state index in [0.29, 0.717) is 18.4 Å². The van der Waals surface area contributed by atoms with Crippen molar-refractivity contribution in [3.8, 4) is 0 Å². The maximum Gasteiger partial charge on any atom is 0.254 e. The SMILES string of the molecule is Cc1cc(N2CCCC2CN)n2ncnc2n1. The minimum absolute atomic E-state index is 0.407. The van der Waals surface area contributed by atoms with E-state index in [-0.39, 0.29) is 0 Å². The Hall–Kier alpha value is -1.69. The summed E-state index contributed by atoms with van der Waals surface area (Å²) < 4.78 is 1.79. The van der Waals surface area contributed by atoms with E-state index >= 15 is 0 Å². The van der Waals surface area contributed by atoms with Gasteiger partial charge in [-0.05, 0) is 19.8 Å². The van der Waals surface area contributed by atoms with Crippen LogP contribution in [0.4, 0.5) is 5.82 Å². The van der Waals surface area contributed by atoms with Crippen LogP contribution in [0, 0.1) is 6.92 Å². The Morgan fingerprint density at radius 3 is 3.24 bits per heavy atom. The molecule has 6 nitrogen and oxygen atoms in total. The van der Waals surface area contributed by atoms with Crippen LogP contribution in [-0.4, -0.2) is 38.7 Å². The van der Waals surface area contributed by atoms with Crippen LogP contribution >= 0.6 is 0 Å². The molecule has 0 radical (unpaired) electrons. The number of aryl methyl sites for hydroxylation is 1. The first-order valence-corrected chi connectivity index (χ1v) is 5.93. The molecule has 90 valence electrons. The molecule has 0 bridgehead atoms. The molecular formula is C11H16N6. The monoisotopic (exact) mass is 232 g/mol. The average molecular weight is 232 g/mol. The van der Waals surface area contributed by atoms with Gasteiger partial charge in [0.2, 0.25) is 0 Å². The third-order valence-corrected chi connectivity index (χ3v) is 3.30. The fraction of sp³-hybridized carbons (Fsp3) is 0.545. The topological polar surface area (TPSA) is 72.3 Å². The Balaban J connectivity index is 2.12. The van der Waals surface area contributed by atoms with Gasteiger partial charge in [-0.15, -0.1) is 0 Å². The Morgan fingerprint density at radius 2 is 2.41 bits per heavy atom. The van der Waals surface area contributed by atoms with Gasteiger partial charge in [-0.25, -0.2) is 4.98 Å². The van der Waals surface area contributed by atoms with Crippen molar-refractivity contribution in [3.05, 3.63) is 18.1 Å². The van der Waals surface area contributed by atoms with E-state index in [1.165, 1.54) is 6.42 Å². The smallest absolute Gasteiger partial charge is 0.254 e. The van der Waals surface area contributed by atoms with Crippen molar-refractivity contribution in [1.82, 2.24) is 19.6 Å². The van der Waals surface area contributed by atoms with Crippen LogP contribution in [0.5, 0.6) is 0 Å². The van der Waals surface area contributed by atoms with Crippen LogP contribution < -0.4 is 10.6 Å². The molecule has 0 spiro atoms. The fourth-order valence-electron chi connectivity index (χ4n) is 2.50. The average Bonchev–Trinajstić information content (AvgIpc) is 2.95. The highest BCUT2D eigenvalue weighted by Gasteiger charge is 2.25. The highest BCUT2D eigenvalue weighted by Crippen LogP contribution is 2.25. The minimum atomic E-state index is 0.407. The predicted octanol–water partition coefficient (Wildman–Crippen LogP) is 0.360. The number of nitrogens with zero attached hydrogens (tertiary/aromatic N) is 5. The van der Waals surface area contributed by atoms with Crippen LogP contribution in [0.15, 0.2) is 12.4 Å². The number of hydrogen-bond donors (Lipinski definition) is 1. The molecule has 2 N–H and O–H groups in total. The molecule has 2 aromatic rings. The van der Waals surface area contributed by atoms with Gasteiger partial charge in [-0.1, -0.05) is 0 Å². The summed E-state index contributed by atoms with van der Waals surface area (Å²) in [5.74, 6) is 1.71. The summed E-state index contributed by atoms with van der Waals surface area (Å²) in [5.41, 5.74) is 6.78. The molecule has 0 amide bonds. The molecule has 0 aromatic carbocycles. The number of rotatable bonds is 2. The number of hydrogen-bond acceptors (Lipinski definition) is 5. The number of nitrogens with two attached hydrogens (primary N) is 1. The zero-order valence-corrected chi connectivity index (χ0v) is 9.87. The van der Waals surface area contributed by atoms with Gasteiger partial charge in [0.25, 0.3) is 5.78 Å². The molecule has 2 aromatic heterocycles. The van der Waals surface area contributed by atoms with Gasteiger partial charge in [0.15, 0.2) is 0 Å². The molecule has 1 aliphatic heterocycles. The summed E-state index contributed by atoms with van der Waals surface area (Å²) in [6, 6.07) is 2.46. The lowest BCUT2D eigenvalue weighted by Crippen LogP contribution is -2.36. The van der Waals surface area contributed by atoms with Gasteiger partial charge in [0, 0.05) is 30.9 Å². The number of fused-ring (bicyclic) bond motifs is 1. The highest BCUT2D eigenvalue weighted by molar-refractivity contribution is 5.48. The zero-order chi connectivity index (χ0) is 11.8. The van der Waals surface area contributed by atoms with E-state index in [1.807, 2.05) is 6.92 Å². The van der Waals surface area contributed by atoms with Gasteiger partial charge in [-0.2, -0.15) is 14.6 Å². The van der Waals surface area contributed by atoms with Crippen molar-refractivity contribution >= 4 is 11.6 Å². The van der Waals surface area contributed by atoms with Crippen LogP contribution in [-0.2, 0) is 0 Å². The van der Waals surface area contributed by atoms with E-state index in [9.17, 15) is 0 Å². The fourth-order valence-corrected chi connectivity index (χ4v) is 2.50. The van der Waals surface area contributed by atoms with Crippen LogP contribution in [0.3, 0.4) is 0 Å². The maximum atomic E-state index is 5.82. The molecular weight excluding hydrogens is 216 g/mol. The second kappa shape index (κ2) is 3.96. The van der Waals surface area contributed by atoms with E-state index in [2.05, 4.69) is 26.0 Å². The lowest BCUT2D eigenvalue weighted by molar-refractivity contribution is 0.662. The molecule has 3 rings (SSSR count). The van der Waals surface area contributed by atoms with Gasteiger partial charge >= 0.3 is 0 Å². The minimum Gasteiger partial charge on any atom is -0.352 e. The molecule has 3 heterocycles. The summed E-state index contributed by atoms with van der Waals surface area (Å²) in [4.78, 5) is 10.8. The Kier molecular flexibility index (Phi) is 2.44. The molecule has 0 saturated carbocycles. The second-order valence-electron chi connectivity index (χ2n) is 4.45. The quantitative estimate of drug-likeness (QED) is 0.809. The first-order valence-electron chi connectivity index (χ1n) is 5.93. The van der Waals surface area contributed by atoms with Gasteiger partial charge in [0.1, 0.15) is 12.1 Å². The summed E-state index contributed by atoms with van der Waals surface area (Å²) in [6.45, 7) is 3.68. The third-order valence-electron chi connectivity index (χ3n) is 3.30. The summed E-state index contributed by atoms with van der Waals surface area (Å²) in [6.07, 6.45) is 3.87. The standard InChI is InChI=1S/C11H16N6/c1-8-5-10(16-4-2-3-9(16)6-12)17-11(15-8)13-7-14-17/h5,7,9H,2-4,6,12H2,1H3. The third kappa shape index (κ3) is 1.64. The predicted molar refractivity (Wildman–Crippen MR) is 64.9 cm³/mol. The van der Waals surface area contributed by atoms with Gasteiger partial charge in [0.05, 0.1) is 0 Å². The number of anilines is 1. The van der Waals surface area contributed by atoms with Crippen molar-refractivity contribution < 1.29 is 0 Å². The molecule has 1 saturated heterocycles. The summed E-state index contributed by atoms with van der Waals surface area (Å²) >= 11 is 0. The Bertz CT molecular complexity index is 534.